The Kier molecular flexibility index (Phi) is 4.46. The fourth-order valence-electron chi connectivity index (χ4n) is 2.39. The van der Waals surface area contributed by atoms with Gasteiger partial charge in [-0.2, -0.15) is 8.42 Å². The van der Waals surface area contributed by atoms with Crippen LogP contribution in [-0.2, 0) is 15.0 Å². The predicted octanol–water partition coefficient (Wildman–Crippen LogP) is 1.33. The molecule has 116 valence electrons. The van der Waals surface area contributed by atoms with Crippen LogP contribution in [0.2, 0.25) is 0 Å². The van der Waals surface area contributed by atoms with Crippen molar-refractivity contribution in [2.24, 2.45) is 0 Å². The van der Waals surface area contributed by atoms with Crippen LogP contribution in [0.1, 0.15) is 20.3 Å². The zero-order valence-electron chi connectivity index (χ0n) is 12.0. The summed E-state index contributed by atoms with van der Waals surface area (Å²) >= 11 is 0. The maximum atomic E-state index is 13.0. The van der Waals surface area contributed by atoms with Crippen LogP contribution in [0.4, 0.5) is 15.4 Å². The molecule has 1 aliphatic rings. The molecule has 0 saturated carbocycles. The SMILES string of the molecule is CCN(CC)c1ccc(N2CC(S(=O)(=O)F)CC2=O)cn1. The van der Waals surface area contributed by atoms with Crippen molar-refractivity contribution in [2.75, 3.05) is 29.4 Å². The van der Waals surface area contributed by atoms with Gasteiger partial charge in [0.15, 0.2) is 0 Å². The lowest BCUT2D eigenvalue weighted by Gasteiger charge is -2.21. The first-order chi connectivity index (χ1) is 9.86. The van der Waals surface area contributed by atoms with Gasteiger partial charge in [0.05, 0.1) is 11.9 Å². The number of amides is 1. The molecular formula is C13H18FN3O3S. The average molecular weight is 315 g/mol. The maximum Gasteiger partial charge on any atom is 0.307 e. The fraction of sp³-hybridized carbons (Fsp3) is 0.538. The summed E-state index contributed by atoms with van der Waals surface area (Å²) in [6.07, 6.45) is 1.19. The fourth-order valence-corrected chi connectivity index (χ4v) is 3.05. The Morgan fingerprint density at radius 2 is 2.05 bits per heavy atom. The lowest BCUT2D eigenvalue weighted by atomic mass is 10.3. The zero-order chi connectivity index (χ0) is 15.6. The molecule has 21 heavy (non-hydrogen) atoms. The molecule has 1 amide bonds. The van der Waals surface area contributed by atoms with Crippen LogP contribution in [-0.4, -0.2) is 44.2 Å². The van der Waals surface area contributed by atoms with E-state index in [0.717, 1.165) is 18.9 Å². The topological polar surface area (TPSA) is 70.6 Å². The second kappa shape index (κ2) is 5.97. The highest BCUT2D eigenvalue weighted by molar-refractivity contribution is 7.87. The summed E-state index contributed by atoms with van der Waals surface area (Å²) in [5, 5.41) is -1.28. The van der Waals surface area contributed by atoms with Crippen LogP contribution >= 0.6 is 0 Å². The lowest BCUT2D eigenvalue weighted by Crippen LogP contribution is -2.27. The molecule has 8 heteroatoms. The van der Waals surface area contributed by atoms with Crippen molar-refractivity contribution in [3.63, 3.8) is 0 Å². The third-order valence-electron chi connectivity index (χ3n) is 3.62. The first-order valence-corrected chi connectivity index (χ1v) is 8.26. The van der Waals surface area contributed by atoms with Crippen molar-refractivity contribution >= 4 is 27.6 Å². The van der Waals surface area contributed by atoms with Crippen molar-refractivity contribution in [2.45, 2.75) is 25.5 Å². The van der Waals surface area contributed by atoms with Gasteiger partial charge in [0.25, 0.3) is 0 Å². The molecule has 2 rings (SSSR count). The van der Waals surface area contributed by atoms with Gasteiger partial charge >= 0.3 is 10.2 Å². The van der Waals surface area contributed by atoms with Gasteiger partial charge in [-0.15, -0.1) is 3.89 Å². The summed E-state index contributed by atoms with van der Waals surface area (Å²) in [5.41, 5.74) is 0.488. The van der Waals surface area contributed by atoms with Gasteiger partial charge in [-0.1, -0.05) is 0 Å². The molecule has 1 unspecified atom stereocenters. The third-order valence-corrected chi connectivity index (χ3v) is 4.73. The number of hydrogen-bond acceptors (Lipinski definition) is 5. The minimum Gasteiger partial charge on any atom is -0.357 e. The molecule has 0 N–H and O–H groups in total. The predicted molar refractivity (Wildman–Crippen MR) is 78.6 cm³/mol. The Morgan fingerprint density at radius 1 is 1.38 bits per heavy atom. The van der Waals surface area contributed by atoms with Crippen molar-refractivity contribution in [1.29, 1.82) is 0 Å². The Morgan fingerprint density at radius 3 is 2.48 bits per heavy atom. The van der Waals surface area contributed by atoms with Gasteiger partial charge in [-0.05, 0) is 26.0 Å². The molecular weight excluding hydrogens is 297 g/mol. The first kappa shape index (κ1) is 15.7. The molecule has 1 atom stereocenters. The van der Waals surface area contributed by atoms with Crippen molar-refractivity contribution in [1.82, 2.24) is 4.98 Å². The summed E-state index contributed by atoms with van der Waals surface area (Å²) < 4.78 is 34.8. The largest absolute Gasteiger partial charge is 0.357 e. The minimum atomic E-state index is -4.70. The Balaban J connectivity index is 2.18. The maximum absolute atomic E-state index is 13.0. The van der Waals surface area contributed by atoms with E-state index in [9.17, 15) is 17.1 Å². The molecule has 1 aromatic rings. The zero-order valence-corrected chi connectivity index (χ0v) is 12.8. The number of nitrogens with zero attached hydrogens (tertiary/aromatic N) is 3. The van der Waals surface area contributed by atoms with Crippen LogP contribution in [0.5, 0.6) is 0 Å². The number of halogens is 1. The van der Waals surface area contributed by atoms with E-state index in [-0.39, 0.29) is 13.0 Å². The molecule has 0 radical (unpaired) electrons. The first-order valence-electron chi connectivity index (χ1n) is 6.81. The Bertz CT molecular complexity index is 614. The monoisotopic (exact) mass is 315 g/mol. The van der Waals surface area contributed by atoms with Gasteiger partial charge in [-0.25, -0.2) is 4.98 Å². The highest BCUT2D eigenvalue weighted by atomic mass is 32.3. The van der Waals surface area contributed by atoms with Crippen LogP contribution in [0, 0.1) is 0 Å². The number of pyridine rings is 1. The summed E-state index contributed by atoms with van der Waals surface area (Å²) in [6, 6.07) is 3.47. The van der Waals surface area contributed by atoms with Crippen molar-refractivity contribution < 1.29 is 17.1 Å². The molecule has 1 fully saturated rings. The number of rotatable bonds is 5. The van der Waals surface area contributed by atoms with Gasteiger partial charge < -0.3 is 9.80 Å². The summed E-state index contributed by atoms with van der Waals surface area (Å²) in [6.45, 7) is 5.49. The van der Waals surface area contributed by atoms with Crippen LogP contribution < -0.4 is 9.80 Å². The van der Waals surface area contributed by atoms with E-state index >= 15 is 0 Å². The van der Waals surface area contributed by atoms with E-state index in [0.29, 0.717) is 5.69 Å². The van der Waals surface area contributed by atoms with E-state index in [1.165, 1.54) is 11.1 Å². The van der Waals surface area contributed by atoms with E-state index in [1.54, 1.807) is 12.1 Å². The standard InChI is InChI=1S/C13H18FN3O3S/c1-3-16(4-2)12-6-5-10(8-15-12)17-9-11(7-13(17)18)21(14,19)20/h5-6,8,11H,3-4,7,9H2,1-2H3. The quantitative estimate of drug-likeness (QED) is 0.767. The van der Waals surface area contributed by atoms with Crippen LogP contribution in [0.15, 0.2) is 18.3 Å². The van der Waals surface area contributed by atoms with Gasteiger partial charge in [0.2, 0.25) is 5.91 Å². The van der Waals surface area contributed by atoms with E-state index in [1.807, 2.05) is 18.7 Å². The van der Waals surface area contributed by atoms with Gasteiger partial charge in [0.1, 0.15) is 11.1 Å². The Hall–Kier alpha value is -1.70. The minimum absolute atomic E-state index is 0.163. The molecule has 0 aliphatic carbocycles. The highest BCUT2D eigenvalue weighted by Gasteiger charge is 2.39. The molecule has 0 spiro atoms. The third kappa shape index (κ3) is 3.31. The second-order valence-corrected chi connectivity index (χ2v) is 6.47. The second-order valence-electron chi connectivity index (χ2n) is 4.85. The van der Waals surface area contributed by atoms with E-state index in [4.69, 9.17) is 0 Å². The highest BCUT2D eigenvalue weighted by Crippen LogP contribution is 2.26. The molecule has 0 bridgehead atoms. The molecule has 1 aromatic heterocycles. The van der Waals surface area contributed by atoms with Crippen LogP contribution in [0.3, 0.4) is 0 Å². The summed E-state index contributed by atoms with van der Waals surface area (Å²) in [4.78, 5) is 19.4. The van der Waals surface area contributed by atoms with E-state index in [2.05, 4.69) is 4.98 Å². The average Bonchev–Trinajstić information content (AvgIpc) is 2.83. The number of carbonyl (C=O) groups is 1. The van der Waals surface area contributed by atoms with Crippen molar-refractivity contribution in [3.05, 3.63) is 18.3 Å². The number of carbonyl (C=O) groups excluding carboxylic acids is 1. The normalized spacial score (nSPS) is 19.1. The number of aromatic nitrogens is 1. The molecule has 0 aromatic carbocycles. The Labute approximate surface area is 123 Å². The van der Waals surface area contributed by atoms with Crippen molar-refractivity contribution in [3.8, 4) is 0 Å². The molecule has 1 saturated heterocycles. The van der Waals surface area contributed by atoms with Crippen LogP contribution in [0.25, 0.3) is 0 Å². The molecule has 1 aliphatic heterocycles. The summed E-state index contributed by atoms with van der Waals surface area (Å²) in [7, 11) is -4.70. The van der Waals surface area contributed by atoms with Gasteiger partial charge in [-0.3, -0.25) is 4.79 Å². The lowest BCUT2D eigenvalue weighted by molar-refractivity contribution is -0.117. The smallest absolute Gasteiger partial charge is 0.307 e. The summed E-state index contributed by atoms with van der Waals surface area (Å²) in [5.74, 6) is 0.378. The number of anilines is 2. The molecule has 2 heterocycles. The van der Waals surface area contributed by atoms with E-state index < -0.39 is 21.4 Å². The van der Waals surface area contributed by atoms with Gasteiger partial charge in [0, 0.05) is 26.1 Å². The molecule has 6 nitrogen and oxygen atoms in total. The number of hydrogen-bond donors (Lipinski definition) is 0.